The summed E-state index contributed by atoms with van der Waals surface area (Å²) in [6, 6.07) is 1.72. The number of aliphatic carboxylic acids is 1. The zero-order chi connectivity index (χ0) is 15.9. The maximum absolute atomic E-state index is 12.4. The zero-order valence-electron chi connectivity index (χ0n) is 13.6. The molecule has 2 aliphatic carbocycles. The average Bonchev–Trinajstić information content (AvgIpc) is 3.12. The van der Waals surface area contributed by atoms with E-state index in [0.717, 1.165) is 30.6 Å². The minimum absolute atomic E-state index is 0. The number of benzene rings is 1. The Balaban J connectivity index is 0.00000192. The van der Waals surface area contributed by atoms with Crippen LogP contribution in [0.2, 0.25) is 0 Å². The molecule has 0 heterocycles. The predicted octanol–water partition coefficient (Wildman–Crippen LogP) is 3.11. The van der Waals surface area contributed by atoms with Gasteiger partial charge in [-0.3, -0.25) is 9.59 Å². The van der Waals surface area contributed by atoms with Crippen molar-refractivity contribution in [3.63, 3.8) is 0 Å². The van der Waals surface area contributed by atoms with Crippen LogP contribution in [0.3, 0.4) is 0 Å². The van der Waals surface area contributed by atoms with Gasteiger partial charge in [-0.15, -0.1) is 0 Å². The van der Waals surface area contributed by atoms with E-state index in [4.69, 9.17) is 14.6 Å². The summed E-state index contributed by atoms with van der Waals surface area (Å²) in [6.45, 7) is 0. The summed E-state index contributed by atoms with van der Waals surface area (Å²) >= 11 is 0. The Morgan fingerprint density at radius 1 is 1.13 bits per heavy atom. The minimum atomic E-state index is -0.973. The van der Waals surface area contributed by atoms with Crippen LogP contribution in [-0.4, -0.2) is 31.1 Å². The molecular formula is C17H20O5Zn. The number of fused-ring (bicyclic) bond motifs is 5. The molecule has 23 heavy (non-hydrogen) atoms. The predicted molar refractivity (Wildman–Crippen MR) is 80.1 cm³/mol. The molecular weight excluding hydrogens is 350 g/mol. The molecule has 3 rings (SSSR count). The van der Waals surface area contributed by atoms with E-state index in [0.29, 0.717) is 23.1 Å². The second kappa shape index (κ2) is 7.00. The van der Waals surface area contributed by atoms with Crippen LogP contribution in [0, 0.1) is 0 Å². The Labute approximate surface area is 148 Å². The summed E-state index contributed by atoms with van der Waals surface area (Å²) in [5.74, 6) is 1.10. The van der Waals surface area contributed by atoms with Crippen LogP contribution in [0.5, 0.6) is 11.5 Å². The van der Waals surface area contributed by atoms with Gasteiger partial charge in [0.15, 0.2) is 5.78 Å². The normalized spacial score (nSPS) is 20.6. The molecule has 1 fully saturated rings. The van der Waals surface area contributed by atoms with Gasteiger partial charge in [-0.2, -0.15) is 0 Å². The number of carbonyl (C=O) groups is 2. The fourth-order valence-electron chi connectivity index (χ4n) is 3.96. The standard InChI is InChI=1S/C17H20O5.Zn/c1-21-13-8-11(12(18)5-6-14(19)20)17(22-2)16-10-4-3-9(7-10)15(13)16;/h8-10H,3-7H2,1-2H3,(H,19,20);. The Hall–Kier alpha value is -1.42. The molecule has 2 atom stereocenters. The van der Waals surface area contributed by atoms with Crippen molar-refractivity contribution in [2.45, 2.75) is 43.9 Å². The smallest absolute Gasteiger partial charge is 0.303 e. The molecule has 6 heteroatoms. The number of rotatable bonds is 6. The van der Waals surface area contributed by atoms with Crippen LogP contribution in [0.4, 0.5) is 0 Å². The van der Waals surface area contributed by atoms with E-state index in [1.165, 1.54) is 5.56 Å². The number of hydrogen-bond acceptors (Lipinski definition) is 4. The van der Waals surface area contributed by atoms with Gasteiger partial charge >= 0.3 is 5.97 Å². The number of methoxy groups -OCH3 is 2. The largest absolute Gasteiger partial charge is 0.496 e. The third-order valence-electron chi connectivity index (χ3n) is 4.86. The first kappa shape index (κ1) is 17.9. The number of Topliss-reactive ketones (excluding diaryl/α,β-unsaturated/α-hetero) is 1. The number of carboxylic acid groups (broad SMARTS) is 1. The third kappa shape index (κ3) is 3.01. The number of hydrogen-bond donors (Lipinski definition) is 1. The minimum Gasteiger partial charge on any atom is -0.496 e. The Bertz CT molecular complexity index is 640. The van der Waals surface area contributed by atoms with Crippen LogP contribution in [0.1, 0.15) is 65.4 Å². The summed E-state index contributed by atoms with van der Waals surface area (Å²) < 4.78 is 11.0. The summed E-state index contributed by atoms with van der Waals surface area (Å²) in [5.41, 5.74) is 2.74. The van der Waals surface area contributed by atoms with E-state index in [-0.39, 0.29) is 38.1 Å². The molecule has 0 aromatic heterocycles. The molecule has 1 aromatic rings. The third-order valence-corrected chi connectivity index (χ3v) is 4.86. The van der Waals surface area contributed by atoms with Crippen molar-refractivity contribution in [3.8, 4) is 11.5 Å². The van der Waals surface area contributed by atoms with Crippen LogP contribution in [0.15, 0.2) is 6.07 Å². The Kier molecular flexibility index (Phi) is 5.46. The van der Waals surface area contributed by atoms with E-state index >= 15 is 0 Å². The second-order valence-corrected chi connectivity index (χ2v) is 6.01. The molecule has 0 aliphatic heterocycles. The van der Waals surface area contributed by atoms with Gasteiger partial charge in [0.25, 0.3) is 0 Å². The average molecular weight is 370 g/mol. The molecule has 5 nitrogen and oxygen atoms in total. The van der Waals surface area contributed by atoms with E-state index < -0.39 is 5.97 Å². The van der Waals surface area contributed by atoms with Gasteiger partial charge in [-0.25, -0.2) is 0 Å². The molecule has 2 unspecified atom stereocenters. The number of ether oxygens (including phenoxy) is 2. The first-order valence-corrected chi connectivity index (χ1v) is 7.60. The first-order valence-electron chi connectivity index (χ1n) is 7.60. The molecule has 2 bridgehead atoms. The molecule has 0 spiro atoms. The van der Waals surface area contributed by atoms with E-state index in [9.17, 15) is 9.59 Å². The van der Waals surface area contributed by atoms with E-state index in [2.05, 4.69) is 0 Å². The van der Waals surface area contributed by atoms with Crippen molar-refractivity contribution in [1.82, 2.24) is 0 Å². The molecule has 1 N–H and O–H groups in total. The molecule has 1 saturated carbocycles. The van der Waals surface area contributed by atoms with Crippen molar-refractivity contribution in [2.24, 2.45) is 0 Å². The molecule has 120 valence electrons. The molecule has 2 aliphatic rings. The topological polar surface area (TPSA) is 72.8 Å². The molecule has 0 amide bonds. The second-order valence-electron chi connectivity index (χ2n) is 6.01. The quantitative estimate of drug-likeness (QED) is 0.616. The van der Waals surface area contributed by atoms with Gasteiger partial charge in [0.2, 0.25) is 0 Å². The van der Waals surface area contributed by atoms with Gasteiger partial charge in [-0.05, 0) is 37.2 Å². The monoisotopic (exact) mass is 368 g/mol. The number of ketones is 1. The van der Waals surface area contributed by atoms with Crippen molar-refractivity contribution in [2.75, 3.05) is 14.2 Å². The molecule has 1 aromatic carbocycles. The Morgan fingerprint density at radius 2 is 1.78 bits per heavy atom. The van der Waals surface area contributed by atoms with Gasteiger partial charge in [0.1, 0.15) is 11.5 Å². The van der Waals surface area contributed by atoms with Gasteiger partial charge in [-0.1, -0.05) is 0 Å². The van der Waals surface area contributed by atoms with Gasteiger partial charge < -0.3 is 14.6 Å². The summed E-state index contributed by atoms with van der Waals surface area (Å²) in [4.78, 5) is 23.1. The van der Waals surface area contributed by atoms with Crippen molar-refractivity contribution >= 4 is 11.8 Å². The fraction of sp³-hybridized carbons (Fsp3) is 0.529. The van der Waals surface area contributed by atoms with Gasteiger partial charge in [0.05, 0.1) is 26.2 Å². The van der Waals surface area contributed by atoms with Gasteiger partial charge in [0, 0.05) is 37.0 Å². The van der Waals surface area contributed by atoms with Crippen molar-refractivity contribution in [1.29, 1.82) is 0 Å². The van der Waals surface area contributed by atoms with E-state index in [1.54, 1.807) is 20.3 Å². The van der Waals surface area contributed by atoms with Crippen LogP contribution in [-0.2, 0) is 24.3 Å². The SMILES string of the molecule is COc1cc(C(=O)CCC(=O)O)c(OC)c2c1C1CCC2C1.[Zn]. The van der Waals surface area contributed by atoms with Crippen LogP contribution in [0.25, 0.3) is 0 Å². The fourth-order valence-corrected chi connectivity index (χ4v) is 3.96. The summed E-state index contributed by atoms with van der Waals surface area (Å²) in [6.07, 6.45) is 3.16. The number of carbonyl (C=O) groups excluding carboxylic acids is 1. The zero-order valence-corrected chi connectivity index (χ0v) is 16.5. The van der Waals surface area contributed by atoms with Crippen molar-refractivity contribution < 1.29 is 43.6 Å². The molecule has 0 radical (unpaired) electrons. The van der Waals surface area contributed by atoms with E-state index in [1.807, 2.05) is 0 Å². The first-order chi connectivity index (χ1) is 10.6. The maximum atomic E-state index is 12.4. The summed E-state index contributed by atoms with van der Waals surface area (Å²) in [5, 5.41) is 8.77. The maximum Gasteiger partial charge on any atom is 0.303 e. The number of carboxylic acids is 1. The molecule has 0 saturated heterocycles. The van der Waals surface area contributed by atoms with Crippen LogP contribution < -0.4 is 9.47 Å². The van der Waals surface area contributed by atoms with Crippen molar-refractivity contribution in [3.05, 3.63) is 22.8 Å². The summed E-state index contributed by atoms with van der Waals surface area (Å²) in [7, 11) is 3.18. The Morgan fingerprint density at radius 3 is 2.35 bits per heavy atom. The van der Waals surface area contributed by atoms with Crippen LogP contribution >= 0.6 is 0 Å².